The lowest BCUT2D eigenvalue weighted by Crippen LogP contribution is -2.47. The lowest BCUT2D eigenvalue weighted by molar-refractivity contribution is -0.155. The number of hydrogen-bond donors (Lipinski definition) is 4. The van der Waals surface area contributed by atoms with Crippen LogP contribution in [0, 0.1) is 35.5 Å². The Morgan fingerprint density at radius 2 is 1.12 bits per heavy atom. The zero-order valence-corrected chi connectivity index (χ0v) is 29.0. The molecule has 6 unspecified atom stereocenters. The average Bonchev–Trinajstić information content (AvgIpc) is 3.11. The van der Waals surface area contributed by atoms with Gasteiger partial charge in [0.05, 0.1) is 62.6 Å². The van der Waals surface area contributed by atoms with E-state index in [1.165, 1.54) is 14.2 Å². The summed E-state index contributed by atoms with van der Waals surface area (Å²) < 4.78 is 21.9. The van der Waals surface area contributed by atoms with E-state index in [-0.39, 0.29) is 67.5 Å². The van der Waals surface area contributed by atoms with E-state index in [9.17, 15) is 34.2 Å². The quantitative estimate of drug-likeness (QED) is 0.104. The summed E-state index contributed by atoms with van der Waals surface area (Å²) in [6.45, 7) is 1.45. The van der Waals surface area contributed by atoms with Gasteiger partial charge in [0, 0.05) is 25.3 Å². The second kappa shape index (κ2) is 19.5. The summed E-state index contributed by atoms with van der Waals surface area (Å²) in [6.07, 6.45) is 10.1. The minimum Gasteiger partial charge on any atom is -0.481 e. The number of ether oxygens (including phenoxy) is 4. The maximum atomic E-state index is 13.1. The van der Waals surface area contributed by atoms with Crippen molar-refractivity contribution >= 4 is 29.8 Å². The Labute approximate surface area is 288 Å². The van der Waals surface area contributed by atoms with Crippen LogP contribution in [0.1, 0.15) is 96.3 Å². The third-order valence-electron chi connectivity index (χ3n) is 11.1. The number of rotatable bonds is 16. The number of aliphatic carboxylic acids is 2. The van der Waals surface area contributed by atoms with Crippen molar-refractivity contribution in [1.82, 2.24) is 10.8 Å². The molecule has 0 bridgehead atoms. The largest absolute Gasteiger partial charge is 0.481 e. The van der Waals surface area contributed by atoms with E-state index in [1.54, 1.807) is 0 Å². The zero-order valence-electron chi connectivity index (χ0n) is 29.0. The molecule has 0 heterocycles. The van der Waals surface area contributed by atoms with Crippen molar-refractivity contribution < 1.29 is 58.0 Å². The van der Waals surface area contributed by atoms with Crippen molar-refractivity contribution in [2.45, 2.75) is 121 Å². The molecule has 0 saturated heterocycles. The van der Waals surface area contributed by atoms with Gasteiger partial charge in [-0.1, -0.05) is 0 Å². The molecule has 0 radical (unpaired) electrons. The third kappa shape index (κ3) is 11.6. The van der Waals surface area contributed by atoms with Gasteiger partial charge in [-0.05, 0) is 102 Å². The molecular weight excluding hydrogens is 640 g/mol. The van der Waals surface area contributed by atoms with Crippen LogP contribution in [-0.2, 0) is 47.8 Å². The maximum Gasteiger partial charge on any atom is 0.308 e. The van der Waals surface area contributed by atoms with Crippen LogP contribution < -0.4 is 10.8 Å². The zero-order chi connectivity index (χ0) is 35.3. The number of carboxylic acid groups (broad SMARTS) is 2. The van der Waals surface area contributed by atoms with E-state index >= 15 is 0 Å². The molecule has 14 heteroatoms. The topological polar surface area (TPSA) is 196 Å². The summed E-state index contributed by atoms with van der Waals surface area (Å²) in [5.41, 5.74) is 3.12. The Hall–Kier alpha value is -2.81. The van der Waals surface area contributed by atoms with Crippen molar-refractivity contribution in [3.05, 3.63) is 0 Å². The average molecular weight is 697 g/mol. The fourth-order valence-corrected chi connectivity index (χ4v) is 8.15. The van der Waals surface area contributed by atoms with E-state index < -0.39 is 41.6 Å². The van der Waals surface area contributed by atoms with Crippen molar-refractivity contribution in [3.8, 4) is 0 Å². The minimum absolute atomic E-state index is 0.0357. The Morgan fingerprint density at radius 3 is 1.65 bits per heavy atom. The summed E-state index contributed by atoms with van der Waals surface area (Å²) in [5, 5.41) is 22.3. The van der Waals surface area contributed by atoms with Crippen LogP contribution >= 0.6 is 0 Å². The molecule has 14 nitrogen and oxygen atoms in total. The number of amides is 1. The second-order valence-corrected chi connectivity index (χ2v) is 14.3. The molecule has 1 amide bonds. The molecule has 0 spiro atoms. The van der Waals surface area contributed by atoms with Gasteiger partial charge in [0.25, 0.3) is 0 Å². The van der Waals surface area contributed by atoms with E-state index in [0.717, 1.165) is 57.8 Å². The molecule has 4 N–H and O–H groups in total. The van der Waals surface area contributed by atoms with Crippen molar-refractivity contribution in [2.24, 2.45) is 35.5 Å². The van der Waals surface area contributed by atoms with Crippen LogP contribution in [0.2, 0.25) is 0 Å². The number of nitrogens with one attached hydrogen (secondary N) is 2. The predicted octanol–water partition coefficient (Wildman–Crippen LogP) is 3.25. The van der Waals surface area contributed by atoms with Gasteiger partial charge in [-0.25, -0.2) is 0 Å². The number of carbonyl (C=O) groups excluding carboxylic acids is 3. The molecule has 4 aliphatic carbocycles. The molecule has 0 aromatic rings. The summed E-state index contributed by atoms with van der Waals surface area (Å²) in [6, 6.07) is 0.135. The summed E-state index contributed by atoms with van der Waals surface area (Å²) in [4.78, 5) is 66.3. The lowest BCUT2D eigenvalue weighted by atomic mass is 9.73. The molecule has 4 rings (SSSR count). The highest BCUT2D eigenvalue weighted by atomic mass is 16.6. The second-order valence-electron chi connectivity index (χ2n) is 14.3. The van der Waals surface area contributed by atoms with Crippen LogP contribution in [0.3, 0.4) is 0 Å². The fraction of sp³-hybridized carbons (Fsp3) is 0.857. The number of carbonyl (C=O) groups is 5. The number of esters is 2. The van der Waals surface area contributed by atoms with Crippen molar-refractivity contribution in [2.75, 3.05) is 34.0 Å². The van der Waals surface area contributed by atoms with Crippen LogP contribution in [0.5, 0.6) is 0 Å². The molecule has 4 fully saturated rings. The van der Waals surface area contributed by atoms with Crippen molar-refractivity contribution in [1.29, 1.82) is 0 Å². The van der Waals surface area contributed by atoms with Gasteiger partial charge < -0.3 is 39.3 Å². The molecule has 4 saturated carbocycles. The first-order valence-corrected chi connectivity index (χ1v) is 18.1. The van der Waals surface area contributed by atoms with Gasteiger partial charge in [0.2, 0.25) is 5.91 Å². The first kappa shape index (κ1) is 39.0. The van der Waals surface area contributed by atoms with Crippen molar-refractivity contribution in [3.63, 3.8) is 0 Å². The number of carboxylic acids is 2. The van der Waals surface area contributed by atoms with E-state index in [2.05, 4.69) is 10.8 Å². The minimum atomic E-state index is -0.999. The van der Waals surface area contributed by atoms with Crippen LogP contribution in [0.15, 0.2) is 0 Å². The van der Waals surface area contributed by atoms with Crippen LogP contribution in [-0.4, -0.2) is 98.3 Å². The number of hydrogen-bond acceptors (Lipinski definition) is 11. The molecule has 6 atom stereocenters. The van der Waals surface area contributed by atoms with Gasteiger partial charge >= 0.3 is 23.9 Å². The first-order valence-electron chi connectivity index (χ1n) is 18.1. The van der Waals surface area contributed by atoms with Gasteiger partial charge in [0.1, 0.15) is 0 Å². The summed E-state index contributed by atoms with van der Waals surface area (Å²) in [5.74, 6) is -5.85. The smallest absolute Gasteiger partial charge is 0.308 e. The molecular formula is C35H56N2O12. The Bertz CT molecular complexity index is 1100. The monoisotopic (exact) mass is 696 g/mol. The number of hydroxylamine groups is 1. The highest BCUT2D eigenvalue weighted by Gasteiger charge is 2.43. The van der Waals surface area contributed by atoms with Gasteiger partial charge in [-0.3, -0.25) is 24.0 Å². The molecule has 0 aromatic heterocycles. The van der Waals surface area contributed by atoms with E-state index in [4.69, 9.17) is 23.8 Å². The maximum absolute atomic E-state index is 13.1. The Kier molecular flexibility index (Phi) is 15.6. The SMILES string of the molecule is COC(=O)C1CCC(C(=O)O)C(CONC2CCC(OCCCOC3CCC(NC(=O)C4CC(C(=O)OC)CCC4C(=O)O)CC3)CC2)C1. The van der Waals surface area contributed by atoms with Crippen LogP contribution in [0.4, 0.5) is 0 Å². The summed E-state index contributed by atoms with van der Waals surface area (Å²) in [7, 11) is 2.67. The number of methoxy groups -OCH3 is 2. The lowest BCUT2D eigenvalue weighted by Gasteiger charge is -2.34. The first-order chi connectivity index (χ1) is 23.6. The molecule has 0 aliphatic heterocycles. The molecule has 49 heavy (non-hydrogen) atoms. The Morgan fingerprint density at radius 1 is 0.612 bits per heavy atom. The fourth-order valence-electron chi connectivity index (χ4n) is 8.15. The molecule has 4 aliphatic rings. The Balaban J connectivity index is 1.04. The van der Waals surface area contributed by atoms with Gasteiger partial charge in [-0.15, -0.1) is 0 Å². The summed E-state index contributed by atoms with van der Waals surface area (Å²) >= 11 is 0. The standard InChI is InChI=1S/C35H56N2O12/c1-45-34(43)21-4-14-28(32(39)40)23(18-21)20-49-37-25-8-12-27(13-9-25)48-17-3-16-47-26-10-6-24(7-11-26)36-31(38)30-19-22(35(44)46-2)5-15-29(30)33(41)42/h21-30,37H,3-20H2,1-2H3,(H,36,38)(H,39,40)(H,41,42). The van der Waals surface area contributed by atoms with E-state index in [1.807, 2.05) is 0 Å². The highest BCUT2D eigenvalue weighted by molar-refractivity contribution is 5.86. The van der Waals surface area contributed by atoms with Gasteiger partial charge in [-0.2, -0.15) is 5.48 Å². The molecule has 278 valence electrons. The molecule has 0 aromatic carbocycles. The van der Waals surface area contributed by atoms with Crippen LogP contribution in [0.25, 0.3) is 0 Å². The van der Waals surface area contributed by atoms with Gasteiger partial charge in [0.15, 0.2) is 0 Å². The van der Waals surface area contributed by atoms with E-state index in [0.29, 0.717) is 38.9 Å². The normalized spacial score (nSPS) is 33.6. The highest BCUT2D eigenvalue weighted by Crippen LogP contribution is 2.37. The predicted molar refractivity (Wildman–Crippen MR) is 174 cm³/mol. The third-order valence-corrected chi connectivity index (χ3v) is 11.1.